The minimum absolute atomic E-state index is 0.189. The summed E-state index contributed by atoms with van der Waals surface area (Å²) in [5.74, 6) is 7.32. The van der Waals surface area contributed by atoms with Gasteiger partial charge >= 0.3 is 5.97 Å². The molecule has 19 heavy (non-hydrogen) atoms. The topological polar surface area (TPSA) is 102 Å². The standard InChI is InChI=1S/C12H21N5O2/c1-7(2)10-15-11(8(3)12(16-10)17-13)14-6-5-9(18)19-4/h7H,5-6,13H2,1-4H3,(H2,14,15,16,17). The van der Waals surface area contributed by atoms with E-state index in [9.17, 15) is 4.79 Å². The molecular formula is C12H21N5O2. The fraction of sp³-hybridized carbons (Fsp3) is 0.583. The summed E-state index contributed by atoms with van der Waals surface area (Å²) in [6, 6.07) is 0. The number of aromatic nitrogens is 2. The first-order valence-corrected chi connectivity index (χ1v) is 6.15. The number of anilines is 2. The molecule has 0 aromatic carbocycles. The lowest BCUT2D eigenvalue weighted by atomic mass is 10.2. The van der Waals surface area contributed by atoms with Crippen LogP contribution in [0.3, 0.4) is 0 Å². The van der Waals surface area contributed by atoms with E-state index in [1.54, 1.807) is 0 Å². The number of nitrogen functional groups attached to an aromatic ring is 1. The lowest BCUT2D eigenvalue weighted by Gasteiger charge is -2.14. The number of hydrogen-bond acceptors (Lipinski definition) is 7. The Labute approximate surface area is 112 Å². The zero-order chi connectivity index (χ0) is 14.4. The Balaban J connectivity index is 2.86. The number of hydrogen-bond donors (Lipinski definition) is 3. The van der Waals surface area contributed by atoms with Crippen LogP contribution in [0.2, 0.25) is 0 Å². The summed E-state index contributed by atoms with van der Waals surface area (Å²) in [4.78, 5) is 19.8. The number of hydrazine groups is 1. The van der Waals surface area contributed by atoms with Gasteiger partial charge in [-0.15, -0.1) is 0 Å². The average Bonchev–Trinajstić information content (AvgIpc) is 2.40. The third-order valence-electron chi connectivity index (χ3n) is 2.67. The third-order valence-corrected chi connectivity index (χ3v) is 2.67. The maximum atomic E-state index is 11.1. The molecule has 7 nitrogen and oxygen atoms in total. The highest BCUT2D eigenvalue weighted by molar-refractivity contribution is 5.70. The monoisotopic (exact) mass is 267 g/mol. The normalized spacial score (nSPS) is 10.4. The van der Waals surface area contributed by atoms with Crippen LogP contribution in [0.15, 0.2) is 0 Å². The van der Waals surface area contributed by atoms with Crippen molar-refractivity contribution in [2.24, 2.45) is 5.84 Å². The first-order valence-electron chi connectivity index (χ1n) is 6.15. The summed E-state index contributed by atoms with van der Waals surface area (Å²) in [7, 11) is 1.37. The minimum Gasteiger partial charge on any atom is -0.469 e. The van der Waals surface area contributed by atoms with E-state index in [0.717, 1.165) is 5.56 Å². The lowest BCUT2D eigenvalue weighted by molar-refractivity contribution is -0.140. The average molecular weight is 267 g/mol. The molecule has 1 aromatic rings. The van der Waals surface area contributed by atoms with Gasteiger partial charge in [0, 0.05) is 18.0 Å². The van der Waals surface area contributed by atoms with E-state index in [1.807, 2.05) is 20.8 Å². The predicted molar refractivity (Wildman–Crippen MR) is 73.8 cm³/mol. The summed E-state index contributed by atoms with van der Waals surface area (Å²) in [6.45, 7) is 6.32. The van der Waals surface area contributed by atoms with Gasteiger partial charge < -0.3 is 15.5 Å². The summed E-state index contributed by atoms with van der Waals surface area (Å²) in [5.41, 5.74) is 3.37. The largest absolute Gasteiger partial charge is 0.469 e. The van der Waals surface area contributed by atoms with Crippen LogP contribution >= 0.6 is 0 Å². The number of rotatable bonds is 6. The van der Waals surface area contributed by atoms with Crippen molar-refractivity contribution in [3.8, 4) is 0 Å². The maximum absolute atomic E-state index is 11.1. The van der Waals surface area contributed by atoms with Crippen LogP contribution in [0.5, 0.6) is 0 Å². The van der Waals surface area contributed by atoms with Gasteiger partial charge in [0.25, 0.3) is 0 Å². The van der Waals surface area contributed by atoms with Gasteiger partial charge in [-0.2, -0.15) is 0 Å². The second-order valence-corrected chi connectivity index (χ2v) is 4.46. The van der Waals surface area contributed by atoms with Crippen molar-refractivity contribution in [3.63, 3.8) is 0 Å². The number of nitrogens with zero attached hydrogens (tertiary/aromatic N) is 2. The summed E-state index contributed by atoms with van der Waals surface area (Å²) < 4.78 is 4.58. The van der Waals surface area contributed by atoms with Crippen LogP contribution in [0, 0.1) is 6.92 Å². The van der Waals surface area contributed by atoms with Crippen molar-refractivity contribution in [2.75, 3.05) is 24.4 Å². The fourth-order valence-corrected chi connectivity index (χ4v) is 1.49. The molecular weight excluding hydrogens is 246 g/mol. The first kappa shape index (κ1) is 15.2. The number of nitrogens with two attached hydrogens (primary N) is 1. The second kappa shape index (κ2) is 6.89. The van der Waals surface area contributed by atoms with Gasteiger partial charge in [0.15, 0.2) is 0 Å². The zero-order valence-corrected chi connectivity index (χ0v) is 11.8. The highest BCUT2D eigenvalue weighted by atomic mass is 16.5. The number of nitrogens with one attached hydrogen (secondary N) is 2. The van der Waals surface area contributed by atoms with Crippen molar-refractivity contribution < 1.29 is 9.53 Å². The highest BCUT2D eigenvalue weighted by Crippen LogP contribution is 2.22. The molecule has 0 aliphatic heterocycles. The van der Waals surface area contributed by atoms with E-state index in [1.165, 1.54) is 7.11 Å². The van der Waals surface area contributed by atoms with Crippen molar-refractivity contribution in [2.45, 2.75) is 33.1 Å². The molecule has 0 spiro atoms. The molecule has 0 aliphatic rings. The van der Waals surface area contributed by atoms with Crippen molar-refractivity contribution in [1.82, 2.24) is 9.97 Å². The van der Waals surface area contributed by atoms with Gasteiger partial charge in [0.2, 0.25) is 0 Å². The van der Waals surface area contributed by atoms with E-state index in [4.69, 9.17) is 5.84 Å². The van der Waals surface area contributed by atoms with Crippen LogP contribution in [-0.4, -0.2) is 29.6 Å². The van der Waals surface area contributed by atoms with Crippen LogP contribution in [0.25, 0.3) is 0 Å². The molecule has 0 bridgehead atoms. The number of methoxy groups -OCH3 is 1. The Morgan fingerprint density at radius 3 is 2.53 bits per heavy atom. The van der Waals surface area contributed by atoms with Crippen LogP contribution in [-0.2, 0) is 9.53 Å². The van der Waals surface area contributed by atoms with Crippen molar-refractivity contribution >= 4 is 17.6 Å². The number of carbonyl (C=O) groups is 1. The molecule has 0 atom stereocenters. The van der Waals surface area contributed by atoms with Gasteiger partial charge in [0.1, 0.15) is 17.5 Å². The van der Waals surface area contributed by atoms with E-state index < -0.39 is 0 Å². The van der Waals surface area contributed by atoms with Gasteiger partial charge in [-0.25, -0.2) is 15.8 Å². The Kier molecular flexibility index (Phi) is 5.50. The Bertz CT molecular complexity index is 448. The van der Waals surface area contributed by atoms with E-state index in [-0.39, 0.29) is 18.3 Å². The molecule has 0 amide bonds. The fourth-order valence-electron chi connectivity index (χ4n) is 1.49. The highest BCUT2D eigenvalue weighted by Gasteiger charge is 2.12. The lowest BCUT2D eigenvalue weighted by Crippen LogP contribution is -2.17. The number of esters is 1. The summed E-state index contributed by atoms with van der Waals surface area (Å²) in [5, 5.41) is 3.10. The zero-order valence-electron chi connectivity index (χ0n) is 11.8. The molecule has 1 rings (SSSR count). The molecule has 7 heteroatoms. The van der Waals surface area contributed by atoms with Gasteiger partial charge in [-0.1, -0.05) is 13.8 Å². The van der Waals surface area contributed by atoms with E-state index in [0.29, 0.717) is 24.0 Å². The molecule has 0 saturated carbocycles. The molecule has 4 N–H and O–H groups in total. The molecule has 0 radical (unpaired) electrons. The quantitative estimate of drug-likeness (QED) is 0.404. The molecule has 106 valence electrons. The van der Waals surface area contributed by atoms with E-state index in [2.05, 4.69) is 25.4 Å². The molecule has 0 unspecified atom stereocenters. The molecule has 0 aliphatic carbocycles. The first-order chi connectivity index (χ1) is 8.99. The molecule has 0 saturated heterocycles. The van der Waals surface area contributed by atoms with Crippen molar-refractivity contribution in [3.05, 3.63) is 11.4 Å². The minimum atomic E-state index is -0.263. The smallest absolute Gasteiger partial charge is 0.307 e. The number of ether oxygens (including phenoxy) is 1. The SMILES string of the molecule is COC(=O)CCNc1nc(C(C)C)nc(NN)c1C. The van der Waals surface area contributed by atoms with Gasteiger partial charge in [-0.3, -0.25) is 4.79 Å². The summed E-state index contributed by atoms with van der Waals surface area (Å²) in [6.07, 6.45) is 0.280. The van der Waals surface area contributed by atoms with Crippen LogP contribution in [0.4, 0.5) is 11.6 Å². The Hall–Kier alpha value is -1.89. The van der Waals surface area contributed by atoms with Gasteiger partial charge in [-0.05, 0) is 6.92 Å². The maximum Gasteiger partial charge on any atom is 0.307 e. The van der Waals surface area contributed by atoms with Crippen LogP contribution < -0.4 is 16.6 Å². The summed E-state index contributed by atoms with van der Waals surface area (Å²) >= 11 is 0. The predicted octanol–water partition coefficient (Wildman–Crippen LogP) is 1.17. The number of carbonyl (C=O) groups excluding carboxylic acids is 1. The molecule has 0 fully saturated rings. The second-order valence-electron chi connectivity index (χ2n) is 4.46. The molecule has 1 aromatic heterocycles. The third kappa shape index (κ3) is 4.06. The molecule has 1 heterocycles. The van der Waals surface area contributed by atoms with Gasteiger partial charge in [0.05, 0.1) is 13.5 Å². The van der Waals surface area contributed by atoms with Crippen LogP contribution in [0.1, 0.15) is 37.6 Å². The Morgan fingerprint density at radius 1 is 1.37 bits per heavy atom. The van der Waals surface area contributed by atoms with Crippen molar-refractivity contribution in [1.29, 1.82) is 0 Å². The Morgan fingerprint density at radius 2 is 2.00 bits per heavy atom. The van der Waals surface area contributed by atoms with E-state index >= 15 is 0 Å².